The van der Waals surface area contributed by atoms with Gasteiger partial charge in [-0.2, -0.15) is 0 Å². The maximum Gasteiger partial charge on any atom is 0.244 e. The van der Waals surface area contributed by atoms with Crippen molar-refractivity contribution in [2.75, 3.05) is 17.1 Å². The van der Waals surface area contributed by atoms with Crippen molar-refractivity contribution < 1.29 is 22.7 Å². The molecule has 0 saturated heterocycles. The summed E-state index contributed by atoms with van der Waals surface area (Å²) in [7, 11) is -3.83. The van der Waals surface area contributed by atoms with E-state index in [2.05, 4.69) is 21.2 Å². The number of para-hydroxylation sites is 1. The molecule has 0 heterocycles. The van der Waals surface area contributed by atoms with Crippen LogP contribution < -0.4 is 14.4 Å². The van der Waals surface area contributed by atoms with Gasteiger partial charge in [0.15, 0.2) is 0 Å². The van der Waals surface area contributed by atoms with Crippen molar-refractivity contribution in [3.63, 3.8) is 0 Å². The molecule has 0 aliphatic heterocycles. The van der Waals surface area contributed by atoms with Crippen LogP contribution in [0.4, 0.5) is 5.69 Å². The number of amides is 2. The number of halogens is 1. The second kappa shape index (κ2) is 13.3. The van der Waals surface area contributed by atoms with Gasteiger partial charge in [0.1, 0.15) is 24.1 Å². The fraction of sp³-hybridized carbons (Fsp3) is 0.333. The molecule has 1 saturated carbocycles. The molecule has 1 N–H and O–H groups in total. The first-order chi connectivity index (χ1) is 19.1. The third-order valence-electron chi connectivity index (χ3n) is 6.89. The quantitative estimate of drug-likeness (QED) is 0.303. The van der Waals surface area contributed by atoms with Crippen molar-refractivity contribution in [3.8, 4) is 11.5 Å². The monoisotopic (exact) mass is 627 g/mol. The van der Waals surface area contributed by atoms with Crippen molar-refractivity contribution in [2.24, 2.45) is 0 Å². The molecule has 1 atom stereocenters. The van der Waals surface area contributed by atoms with Gasteiger partial charge in [0.05, 0.1) is 11.9 Å². The van der Waals surface area contributed by atoms with Crippen molar-refractivity contribution in [1.82, 2.24) is 10.2 Å². The van der Waals surface area contributed by atoms with Gasteiger partial charge >= 0.3 is 0 Å². The minimum Gasteiger partial charge on any atom is -0.457 e. The first kappa shape index (κ1) is 29.6. The molecule has 3 aromatic carbocycles. The fourth-order valence-corrected chi connectivity index (χ4v) is 6.02. The Morgan fingerprint density at radius 3 is 2.25 bits per heavy atom. The molecule has 1 unspecified atom stereocenters. The molecule has 40 heavy (non-hydrogen) atoms. The van der Waals surface area contributed by atoms with Gasteiger partial charge in [-0.3, -0.25) is 13.9 Å². The van der Waals surface area contributed by atoms with Crippen LogP contribution in [0.25, 0.3) is 0 Å². The standard InChI is InChI=1S/C30H34BrN3O5S/c1-22(30(36)32-25-11-6-7-12-25)33(20-23-9-8-10-24(31)19-23)29(35)21-34(40(2,37)38)26-15-17-28(18-16-26)39-27-13-4-3-5-14-27/h3-5,8-10,13-19,22,25H,6-7,11-12,20-21H2,1-2H3,(H,32,36). The van der Waals surface area contributed by atoms with Crippen LogP contribution in [0.2, 0.25) is 0 Å². The Balaban J connectivity index is 1.55. The summed E-state index contributed by atoms with van der Waals surface area (Å²) in [5, 5.41) is 3.06. The molecular weight excluding hydrogens is 594 g/mol. The maximum atomic E-state index is 13.8. The molecular formula is C30H34BrN3O5S. The molecule has 4 rings (SSSR count). The van der Waals surface area contributed by atoms with E-state index in [0.717, 1.165) is 46.3 Å². The number of rotatable bonds is 11. The van der Waals surface area contributed by atoms with Crippen LogP contribution in [-0.2, 0) is 26.2 Å². The highest BCUT2D eigenvalue weighted by molar-refractivity contribution is 9.10. The highest BCUT2D eigenvalue weighted by atomic mass is 79.9. The number of sulfonamides is 1. The molecule has 3 aromatic rings. The van der Waals surface area contributed by atoms with Crippen LogP contribution in [0, 0.1) is 0 Å². The Bertz CT molecular complexity index is 1410. The Labute approximate surface area is 244 Å². The summed E-state index contributed by atoms with van der Waals surface area (Å²) >= 11 is 3.46. The van der Waals surface area contributed by atoms with E-state index in [1.54, 1.807) is 31.2 Å². The molecule has 1 fully saturated rings. The number of anilines is 1. The first-order valence-electron chi connectivity index (χ1n) is 13.2. The Hall–Kier alpha value is -3.37. The maximum absolute atomic E-state index is 13.8. The molecule has 0 spiro atoms. The average molecular weight is 629 g/mol. The SMILES string of the molecule is CC(C(=O)NC1CCCC1)N(Cc1cccc(Br)c1)C(=O)CN(c1ccc(Oc2ccccc2)cc1)S(C)(=O)=O. The van der Waals surface area contributed by atoms with Gasteiger partial charge in [-0.1, -0.05) is 59.1 Å². The number of nitrogens with zero attached hydrogens (tertiary/aromatic N) is 2. The van der Waals surface area contributed by atoms with Gasteiger partial charge in [-0.25, -0.2) is 8.42 Å². The minimum absolute atomic E-state index is 0.0990. The van der Waals surface area contributed by atoms with Crippen LogP contribution in [-0.4, -0.2) is 50.0 Å². The molecule has 0 bridgehead atoms. The minimum atomic E-state index is -3.83. The van der Waals surface area contributed by atoms with Crippen molar-refractivity contribution in [1.29, 1.82) is 0 Å². The predicted octanol–water partition coefficient (Wildman–Crippen LogP) is 5.48. The zero-order valence-corrected chi connectivity index (χ0v) is 25.0. The summed E-state index contributed by atoms with van der Waals surface area (Å²) in [6.45, 7) is 1.38. The van der Waals surface area contributed by atoms with E-state index in [1.807, 2.05) is 54.6 Å². The summed E-state index contributed by atoms with van der Waals surface area (Å²) in [5.41, 5.74) is 1.14. The number of nitrogens with one attached hydrogen (secondary N) is 1. The van der Waals surface area contributed by atoms with Crippen LogP contribution in [0.3, 0.4) is 0 Å². The molecule has 2 amide bonds. The topological polar surface area (TPSA) is 96.0 Å². The third-order valence-corrected chi connectivity index (χ3v) is 8.53. The highest BCUT2D eigenvalue weighted by Gasteiger charge is 2.31. The first-order valence-corrected chi connectivity index (χ1v) is 15.9. The average Bonchev–Trinajstić information content (AvgIpc) is 3.43. The van der Waals surface area contributed by atoms with Gasteiger partial charge in [0, 0.05) is 17.1 Å². The Morgan fingerprint density at radius 1 is 0.975 bits per heavy atom. The van der Waals surface area contributed by atoms with Gasteiger partial charge in [-0.05, 0) is 73.9 Å². The predicted molar refractivity (Wildman–Crippen MR) is 160 cm³/mol. The molecule has 1 aliphatic rings. The zero-order valence-electron chi connectivity index (χ0n) is 22.6. The molecule has 10 heteroatoms. The summed E-state index contributed by atoms with van der Waals surface area (Å²) in [5.74, 6) is 0.453. The lowest BCUT2D eigenvalue weighted by Crippen LogP contribution is -2.52. The van der Waals surface area contributed by atoms with Crippen LogP contribution >= 0.6 is 15.9 Å². The number of hydrogen-bond donors (Lipinski definition) is 1. The summed E-state index contributed by atoms with van der Waals surface area (Å²) in [6, 6.07) is 22.5. The van der Waals surface area contributed by atoms with Gasteiger partial charge in [0.2, 0.25) is 21.8 Å². The summed E-state index contributed by atoms with van der Waals surface area (Å²) < 4.78 is 33.4. The van der Waals surface area contributed by atoms with Crippen LogP contribution in [0.15, 0.2) is 83.3 Å². The van der Waals surface area contributed by atoms with Gasteiger partial charge in [0.25, 0.3) is 0 Å². The lowest BCUT2D eigenvalue weighted by atomic mass is 10.1. The van der Waals surface area contributed by atoms with E-state index in [-0.39, 0.29) is 18.5 Å². The normalized spacial score (nSPS) is 14.4. The smallest absolute Gasteiger partial charge is 0.244 e. The van der Waals surface area contributed by atoms with E-state index in [4.69, 9.17) is 4.74 Å². The third kappa shape index (κ3) is 8.08. The van der Waals surface area contributed by atoms with Crippen LogP contribution in [0.1, 0.15) is 38.2 Å². The second-order valence-corrected chi connectivity index (χ2v) is 12.8. The molecule has 0 radical (unpaired) electrons. The molecule has 8 nitrogen and oxygen atoms in total. The fourth-order valence-electron chi connectivity index (χ4n) is 4.73. The van der Waals surface area contributed by atoms with Crippen LogP contribution in [0.5, 0.6) is 11.5 Å². The lowest BCUT2D eigenvalue weighted by molar-refractivity contribution is -0.139. The number of carbonyl (C=O) groups excluding carboxylic acids is 2. The Morgan fingerprint density at radius 2 is 1.62 bits per heavy atom. The van der Waals surface area contributed by atoms with Crippen molar-refractivity contribution in [3.05, 3.63) is 88.9 Å². The van der Waals surface area contributed by atoms with E-state index in [0.29, 0.717) is 17.2 Å². The zero-order chi connectivity index (χ0) is 28.7. The van der Waals surface area contributed by atoms with Gasteiger partial charge in [-0.15, -0.1) is 0 Å². The number of carbonyl (C=O) groups is 2. The second-order valence-electron chi connectivity index (χ2n) is 10.00. The van der Waals surface area contributed by atoms with Crippen molar-refractivity contribution in [2.45, 2.75) is 51.2 Å². The highest BCUT2D eigenvalue weighted by Crippen LogP contribution is 2.26. The summed E-state index contributed by atoms with van der Waals surface area (Å²) in [4.78, 5) is 28.4. The number of hydrogen-bond acceptors (Lipinski definition) is 5. The van der Waals surface area contributed by atoms with E-state index < -0.39 is 28.5 Å². The number of benzene rings is 3. The molecule has 212 valence electrons. The van der Waals surface area contributed by atoms with E-state index in [1.165, 1.54) is 4.90 Å². The largest absolute Gasteiger partial charge is 0.457 e. The lowest BCUT2D eigenvalue weighted by Gasteiger charge is -2.32. The molecule has 1 aliphatic carbocycles. The molecule has 0 aromatic heterocycles. The summed E-state index contributed by atoms with van der Waals surface area (Å²) in [6.07, 6.45) is 5.04. The van der Waals surface area contributed by atoms with Crippen molar-refractivity contribution >= 4 is 43.5 Å². The number of ether oxygens (including phenoxy) is 1. The van der Waals surface area contributed by atoms with E-state index >= 15 is 0 Å². The van der Waals surface area contributed by atoms with E-state index in [9.17, 15) is 18.0 Å². The van der Waals surface area contributed by atoms with Gasteiger partial charge < -0.3 is 15.0 Å². The Kier molecular flexibility index (Phi) is 9.86.